The summed E-state index contributed by atoms with van der Waals surface area (Å²) in [6.07, 6.45) is 16.1. The number of carbonyl (C=O) groups is 1. The number of hydrogen-bond acceptors (Lipinski definition) is 2. The Morgan fingerprint density at radius 3 is 2.56 bits per heavy atom. The summed E-state index contributed by atoms with van der Waals surface area (Å²) < 4.78 is 0. The van der Waals surface area contributed by atoms with Crippen LogP contribution in [0.4, 0.5) is 0 Å². The SMILES string of the molecule is O=C1NC2=C3C=CC=CC3NC2=C2C=CC=CC12. The zero-order valence-electron chi connectivity index (χ0n) is 9.68. The van der Waals surface area contributed by atoms with E-state index in [1.165, 1.54) is 0 Å². The van der Waals surface area contributed by atoms with Crippen LogP contribution in [0, 0.1) is 5.92 Å². The van der Waals surface area contributed by atoms with Gasteiger partial charge in [0.25, 0.3) is 0 Å². The number of nitrogens with one attached hydrogen (secondary N) is 2. The Morgan fingerprint density at radius 2 is 1.67 bits per heavy atom. The second-order valence-corrected chi connectivity index (χ2v) is 4.74. The van der Waals surface area contributed by atoms with E-state index in [9.17, 15) is 4.79 Å². The molecule has 0 saturated heterocycles. The molecule has 0 saturated carbocycles. The third kappa shape index (κ3) is 1.16. The molecule has 0 aromatic heterocycles. The van der Waals surface area contributed by atoms with E-state index in [1.807, 2.05) is 36.5 Å². The quantitative estimate of drug-likeness (QED) is 0.668. The minimum Gasteiger partial charge on any atom is -0.373 e. The Morgan fingerprint density at radius 1 is 0.889 bits per heavy atom. The van der Waals surface area contributed by atoms with Crippen molar-refractivity contribution in [3.8, 4) is 0 Å². The average molecular weight is 236 g/mol. The van der Waals surface area contributed by atoms with Crippen molar-refractivity contribution in [2.45, 2.75) is 6.04 Å². The molecule has 2 atom stereocenters. The fourth-order valence-electron chi connectivity index (χ4n) is 2.85. The first kappa shape index (κ1) is 9.71. The van der Waals surface area contributed by atoms with Gasteiger partial charge in [0, 0.05) is 5.57 Å². The molecule has 18 heavy (non-hydrogen) atoms. The topological polar surface area (TPSA) is 41.1 Å². The number of amides is 1. The van der Waals surface area contributed by atoms with Crippen molar-refractivity contribution in [2.75, 3.05) is 0 Å². The van der Waals surface area contributed by atoms with Gasteiger partial charge in [-0.3, -0.25) is 4.79 Å². The summed E-state index contributed by atoms with van der Waals surface area (Å²) in [5.41, 5.74) is 4.22. The molecule has 0 aromatic carbocycles. The maximum atomic E-state index is 12.1. The number of carbonyl (C=O) groups excluding carboxylic acids is 1. The van der Waals surface area contributed by atoms with Crippen molar-refractivity contribution in [1.82, 2.24) is 10.6 Å². The van der Waals surface area contributed by atoms with E-state index in [2.05, 4.69) is 22.8 Å². The molecule has 0 bridgehead atoms. The van der Waals surface area contributed by atoms with Gasteiger partial charge in [-0.15, -0.1) is 0 Å². The minimum absolute atomic E-state index is 0.0576. The van der Waals surface area contributed by atoms with E-state index in [-0.39, 0.29) is 17.9 Å². The van der Waals surface area contributed by atoms with Crippen molar-refractivity contribution in [2.24, 2.45) is 5.92 Å². The highest BCUT2D eigenvalue weighted by Gasteiger charge is 2.37. The molecule has 2 heterocycles. The summed E-state index contributed by atoms with van der Waals surface area (Å²) in [5.74, 6) is -0.0998. The fourth-order valence-corrected chi connectivity index (χ4v) is 2.85. The third-order valence-electron chi connectivity index (χ3n) is 3.71. The van der Waals surface area contributed by atoms with Gasteiger partial charge < -0.3 is 10.6 Å². The van der Waals surface area contributed by atoms with Crippen molar-refractivity contribution < 1.29 is 4.79 Å². The van der Waals surface area contributed by atoms with Crippen molar-refractivity contribution in [3.05, 3.63) is 71.1 Å². The summed E-state index contributed by atoms with van der Waals surface area (Å²) >= 11 is 0. The van der Waals surface area contributed by atoms with Crippen LogP contribution in [0.5, 0.6) is 0 Å². The summed E-state index contributed by atoms with van der Waals surface area (Å²) in [4.78, 5) is 12.1. The van der Waals surface area contributed by atoms with Crippen LogP contribution in [-0.2, 0) is 4.79 Å². The molecular formula is C15H12N2O. The first-order valence-electron chi connectivity index (χ1n) is 6.10. The van der Waals surface area contributed by atoms with Gasteiger partial charge in [-0.1, -0.05) is 48.6 Å². The van der Waals surface area contributed by atoms with E-state index in [0.717, 1.165) is 22.5 Å². The van der Waals surface area contributed by atoms with E-state index in [1.54, 1.807) is 0 Å². The lowest BCUT2D eigenvalue weighted by Gasteiger charge is -2.26. The number of hydrogen-bond donors (Lipinski definition) is 2. The molecule has 2 aliphatic carbocycles. The second-order valence-electron chi connectivity index (χ2n) is 4.74. The number of allylic oxidation sites excluding steroid dienone is 5. The van der Waals surface area contributed by atoms with Crippen LogP contribution in [0.3, 0.4) is 0 Å². The average Bonchev–Trinajstić information content (AvgIpc) is 2.78. The molecule has 1 amide bonds. The highest BCUT2D eigenvalue weighted by atomic mass is 16.2. The van der Waals surface area contributed by atoms with Crippen LogP contribution < -0.4 is 10.6 Å². The molecule has 2 aliphatic heterocycles. The first-order valence-corrected chi connectivity index (χ1v) is 6.10. The van der Waals surface area contributed by atoms with Crippen LogP contribution in [0.15, 0.2) is 71.1 Å². The van der Waals surface area contributed by atoms with Crippen molar-refractivity contribution >= 4 is 5.91 Å². The van der Waals surface area contributed by atoms with E-state index < -0.39 is 0 Å². The summed E-state index contributed by atoms with van der Waals surface area (Å²) in [6.45, 7) is 0. The highest BCUT2D eigenvalue weighted by molar-refractivity contribution is 5.90. The standard InChI is InChI=1S/C15H12N2O/c18-15-10-6-2-1-5-9(10)13-14(17-15)11-7-3-4-8-12(11)16-13/h1-8,10,12,16H,(H,17,18). The summed E-state index contributed by atoms with van der Waals surface area (Å²) in [7, 11) is 0. The lowest BCUT2D eigenvalue weighted by atomic mass is 9.88. The Labute approximate surface area is 105 Å². The number of rotatable bonds is 0. The van der Waals surface area contributed by atoms with Crippen molar-refractivity contribution in [1.29, 1.82) is 0 Å². The maximum absolute atomic E-state index is 12.1. The summed E-state index contributed by atoms with van der Waals surface area (Å²) in [6, 6.07) is 0.186. The van der Waals surface area contributed by atoms with Gasteiger partial charge in [0.1, 0.15) is 0 Å². The fraction of sp³-hybridized carbons (Fsp3) is 0.133. The minimum atomic E-state index is -0.157. The van der Waals surface area contributed by atoms with Crippen LogP contribution >= 0.6 is 0 Å². The monoisotopic (exact) mass is 236 g/mol. The molecule has 2 N–H and O–H groups in total. The van der Waals surface area contributed by atoms with Crippen LogP contribution in [0.1, 0.15) is 0 Å². The van der Waals surface area contributed by atoms with E-state index >= 15 is 0 Å². The Kier molecular flexibility index (Phi) is 1.81. The molecule has 4 aliphatic rings. The lowest BCUT2D eigenvalue weighted by molar-refractivity contribution is -0.122. The zero-order chi connectivity index (χ0) is 12.1. The molecule has 0 fully saturated rings. The Balaban J connectivity index is 1.93. The normalized spacial score (nSPS) is 31.0. The van der Waals surface area contributed by atoms with Crippen LogP contribution in [-0.4, -0.2) is 11.9 Å². The van der Waals surface area contributed by atoms with Gasteiger partial charge in [-0.05, 0) is 5.57 Å². The molecule has 0 radical (unpaired) electrons. The molecule has 3 nitrogen and oxygen atoms in total. The zero-order valence-corrected chi connectivity index (χ0v) is 9.68. The molecular weight excluding hydrogens is 224 g/mol. The van der Waals surface area contributed by atoms with E-state index in [4.69, 9.17) is 0 Å². The van der Waals surface area contributed by atoms with Gasteiger partial charge in [0.05, 0.1) is 23.4 Å². The molecule has 88 valence electrons. The predicted octanol–water partition coefficient (Wildman–Crippen LogP) is 1.46. The Hall–Kier alpha value is -2.29. The molecule has 4 rings (SSSR count). The summed E-state index contributed by atoms with van der Waals surface area (Å²) in [5, 5.41) is 6.51. The van der Waals surface area contributed by atoms with Gasteiger partial charge in [-0.25, -0.2) is 0 Å². The van der Waals surface area contributed by atoms with E-state index in [0.29, 0.717) is 0 Å². The largest absolute Gasteiger partial charge is 0.373 e. The smallest absolute Gasteiger partial charge is 0.235 e. The first-order chi connectivity index (χ1) is 8.84. The maximum Gasteiger partial charge on any atom is 0.235 e. The van der Waals surface area contributed by atoms with Gasteiger partial charge in [-0.2, -0.15) is 0 Å². The predicted molar refractivity (Wildman–Crippen MR) is 69.2 cm³/mol. The van der Waals surface area contributed by atoms with Crippen LogP contribution in [0.25, 0.3) is 0 Å². The van der Waals surface area contributed by atoms with Gasteiger partial charge >= 0.3 is 0 Å². The molecule has 2 unspecified atom stereocenters. The highest BCUT2D eigenvalue weighted by Crippen LogP contribution is 2.36. The molecule has 0 spiro atoms. The van der Waals surface area contributed by atoms with Gasteiger partial charge in [0.15, 0.2) is 0 Å². The number of fused-ring (bicyclic) bond motifs is 3. The van der Waals surface area contributed by atoms with Crippen molar-refractivity contribution in [3.63, 3.8) is 0 Å². The lowest BCUT2D eigenvalue weighted by Crippen LogP contribution is -2.38. The third-order valence-corrected chi connectivity index (χ3v) is 3.71. The van der Waals surface area contributed by atoms with Crippen LogP contribution in [0.2, 0.25) is 0 Å². The Bertz CT molecular complexity index is 629. The molecule has 0 aromatic rings. The molecule has 3 heteroatoms. The second kappa shape index (κ2) is 3.35. The van der Waals surface area contributed by atoms with Gasteiger partial charge in [0.2, 0.25) is 5.91 Å².